The summed E-state index contributed by atoms with van der Waals surface area (Å²) >= 11 is 0. The summed E-state index contributed by atoms with van der Waals surface area (Å²) in [5.41, 5.74) is 4.97. The largest absolute Gasteiger partial charge is 0.205 e. The highest BCUT2D eigenvalue weighted by Crippen LogP contribution is 2.11. The fourth-order valence-corrected chi connectivity index (χ4v) is 3.08. The van der Waals surface area contributed by atoms with Gasteiger partial charge >= 0.3 is 0 Å². The Labute approximate surface area is 203 Å². The van der Waals surface area contributed by atoms with Crippen molar-refractivity contribution in [1.82, 2.24) is 0 Å². The SMILES string of the molecule is C=C.C=C/C(=C\C=C/C)CCC[n+]1ccc(C(=C)/C=C\C)cc1.CCCCc1ccccc1. The molecule has 0 bridgehead atoms. The summed E-state index contributed by atoms with van der Waals surface area (Å²) in [7, 11) is 0. The van der Waals surface area contributed by atoms with Crippen LogP contribution in [0.25, 0.3) is 5.57 Å². The molecule has 1 aromatic carbocycles. The molecule has 0 aliphatic heterocycles. The van der Waals surface area contributed by atoms with E-state index in [0.717, 1.165) is 25.0 Å². The maximum Gasteiger partial charge on any atom is 0.169 e. The Balaban J connectivity index is 0.000000709. The lowest BCUT2D eigenvalue weighted by molar-refractivity contribution is -0.697. The zero-order chi connectivity index (χ0) is 24.7. The monoisotopic (exact) mass is 442 g/mol. The third kappa shape index (κ3) is 14.5. The highest BCUT2D eigenvalue weighted by molar-refractivity contribution is 5.71. The third-order valence-electron chi connectivity index (χ3n) is 4.94. The van der Waals surface area contributed by atoms with E-state index in [1.54, 1.807) is 0 Å². The van der Waals surface area contributed by atoms with Crippen LogP contribution in [0.1, 0.15) is 57.6 Å². The van der Waals surface area contributed by atoms with Gasteiger partial charge in [-0.1, -0.05) is 93.3 Å². The van der Waals surface area contributed by atoms with E-state index in [9.17, 15) is 0 Å². The predicted molar refractivity (Wildman–Crippen MR) is 149 cm³/mol. The number of benzene rings is 1. The van der Waals surface area contributed by atoms with Gasteiger partial charge in [-0.2, -0.15) is 0 Å². The molecular weight excluding hydrogens is 398 g/mol. The second-order valence-electron chi connectivity index (χ2n) is 7.51. The van der Waals surface area contributed by atoms with Crippen LogP contribution in [0.2, 0.25) is 0 Å². The van der Waals surface area contributed by atoms with Crippen molar-refractivity contribution in [1.29, 1.82) is 0 Å². The molecule has 2 rings (SSSR count). The van der Waals surface area contributed by atoms with Crippen molar-refractivity contribution in [3.63, 3.8) is 0 Å². The number of aryl methyl sites for hydroxylation is 2. The van der Waals surface area contributed by atoms with Gasteiger partial charge in [0.1, 0.15) is 6.54 Å². The van der Waals surface area contributed by atoms with Crippen molar-refractivity contribution in [2.24, 2.45) is 0 Å². The summed E-state index contributed by atoms with van der Waals surface area (Å²) in [5.74, 6) is 0. The minimum atomic E-state index is 1.01. The van der Waals surface area contributed by atoms with Crippen LogP contribution in [-0.2, 0) is 13.0 Å². The summed E-state index contributed by atoms with van der Waals surface area (Å²) in [4.78, 5) is 0. The fourth-order valence-electron chi connectivity index (χ4n) is 3.08. The molecule has 0 aliphatic rings. The predicted octanol–water partition coefficient (Wildman–Crippen LogP) is 8.86. The Morgan fingerprint density at radius 3 is 2.15 bits per heavy atom. The molecule has 1 aromatic heterocycles. The van der Waals surface area contributed by atoms with Crippen LogP contribution in [0.3, 0.4) is 0 Å². The Bertz CT molecular complexity index is 851. The number of hydrogen-bond acceptors (Lipinski definition) is 0. The van der Waals surface area contributed by atoms with Gasteiger partial charge in [-0.15, -0.1) is 13.2 Å². The molecule has 1 heteroatoms. The molecule has 0 atom stereocenters. The number of aromatic nitrogens is 1. The van der Waals surface area contributed by atoms with Gasteiger partial charge in [0, 0.05) is 18.6 Å². The number of unbranched alkanes of at least 4 members (excludes halogenated alkanes) is 1. The highest BCUT2D eigenvalue weighted by atomic mass is 14.9. The quantitative estimate of drug-likeness (QED) is 0.186. The molecule has 0 fully saturated rings. The first-order valence-corrected chi connectivity index (χ1v) is 11.9. The molecule has 0 unspecified atom stereocenters. The van der Waals surface area contributed by atoms with Gasteiger partial charge in [0.05, 0.1) is 0 Å². The third-order valence-corrected chi connectivity index (χ3v) is 4.94. The summed E-state index contributed by atoms with van der Waals surface area (Å²) in [5, 5.41) is 0. The van der Waals surface area contributed by atoms with E-state index in [1.807, 2.05) is 38.2 Å². The lowest BCUT2D eigenvalue weighted by Crippen LogP contribution is -2.32. The number of allylic oxidation sites excluding steroid dienone is 8. The van der Waals surface area contributed by atoms with E-state index < -0.39 is 0 Å². The summed E-state index contributed by atoms with van der Waals surface area (Å²) in [6.45, 7) is 21.2. The van der Waals surface area contributed by atoms with E-state index in [0.29, 0.717) is 0 Å². The second kappa shape index (κ2) is 20.7. The Morgan fingerprint density at radius 1 is 0.939 bits per heavy atom. The molecule has 176 valence electrons. The van der Waals surface area contributed by atoms with Crippen molar-refractivity contribution in [2.45, 2.75) is 59.4 Å². The van der Waals surface area contributed by atoms with Crippen LogP contribution < -0.4 is 4.57 Å². The minimum absolute atomic E-state index is 1.01. The average Bonchev–Trinajstić information content (AvgIpc) is 2.87. The normalized spacial score (nSPS) is 10.8. The zero-order valence-corrected chi connectivity index (χ0v) is 21.2. The molecular formula is C32H44N+. The molecule has 1 nitrogen and oxygen atoms in total. The van der Waals surface area contributed by atoms with E-state index in [1.165, 1.54) is 36.0 Å². The lowest BCUT2D eigenvalue weighted by atomic mass is 10.1. The zero-order valence-electron chi connectivity index (χ0n) is 21.2. The number of nitrogens with zero attached hydrogens (tertiary/aromatic N) is 1. The Hall–Kier alpha value is -3.19. The van der Waals surface area contributed by atoms with Gasteiger partial charge in [0.25, 0.3) is 0 Å². The second-order valence-corrected chi connectivity index (χ2v) is 7.51. The van der Waals surface area contributed by atoms with Crippen molar-refractivity contribution in [2.75, 3.05) is 0 Å². The standard InChI is InChI=1S/C20H26N.C10H14.C2H4/c1-5-8-11-19(7-3)12-9-15-21-16-13-20(14-17-21)18(4)10-6-2;1-2-3-7-10-8-5-4-6-9-10;1-2/h5-8,10-11,13-14,16-17H,3-4,9,12,15H2,1-2H3;4-6,8-9H,2-3,7H2,1H3;1-2H2/q+1;;/b8-5-,10-6-,19-11+;;. The molecule has 1 heterocycles. The first-order chi connectivity index (χ1) is 16.1. The molecule has 33 heavy (non-hydrogen) atoms. The number of pyridine rings is 1. The average molecular weight is 443 g/mol. The van der Waals surface area contributed by atoms with Gasteiger partial charge in [0.15, 0.2) is 12.4 Å². The maximum absolute atomic E-state index is 4.05. The van der Waals surface area contributed by atoms with Crippen LogP contribution in [0, 0.1) is 0 Å². The smallest absolute Gasteiger partial charge is 0.169 e. The van der Waals surface area contributed by atoms with Crippen LogP contribution in [0.5, 0.6) is 0 Å². The van der Waals surface area contributed by atoms with Crippen molar-refractivity contribution >= 4 is 5.57 Å². The van der Waals surface area contributed by atoms with Crippen molar-refractivity contribution in [3.8, 4) is 0 Å². The summed E-state index contributed by atoms with van der Waals surface area (Å²) in [6.07, 6.45) is 22.4. The van der Waals surface area contributed by atoms with Crippen molar-refractivity contribution in [3.05, 3.63) is 134 Å². The molecule has 0 radical (unpaired) electrons. The minimum Gasteiger partial charge on any atom is -0.205 e. The molecule has 0 amide bonds. The van der Waals surface area contributed by atoms with Gasteiger partial charge in [-0.3, -0.25) is 0 Å². The van der Waals surface area contributed by atoms with Crippen LogP contribution in [0.4, 0.5) is 0 Å². The Morgan fingerprint density at radius 2 is 1.61 bits per heavy atom. The number of hydrogen-bond donors (Lipinski definition) is 0. The van der Waals surface area contributed by atoms with E-state index in [4.69, 9.17) is 0 Å². The molecule has 0 N–H and O–H groups in total. The molecule has 0 spiro atoms. The van der Waals surface area contributed by atoms with Crippen LogP contribution in [0.15, 0.2) is 123 Å². The first-order valence-electron chi connectivity index (χ1n) is 11.9. The topological polar surface area (TPSA) is 3.88 Å². The van der Waals surface area contributed by atoms with Crippen LogP contribution >= 0.6 is 0 Å². The van der Waals surface area contributed by atoms with Gasteiger partial charge in [-0.05, 0) is 55.4 Å². The lowest BCUT2D eigenvalue weighted by Gasteiger charge is -2.02. The Kier molecular flexibility index (Phi) is 18.7. The maximum atomic E-state index is 4.05. The highest BCUT2D eigenvalue weighted by Gasteiger charge is 2.02. The first kappa shape index (κ1) is 29.8. The van der Waals surface area contributed by atoms with E-state index in [2.05, 4.69) is 105 Å². The molecule has 2 aromatic rings. The summed E-state index contributed by atoms with van der Waals surface area (Å²) in [6, 6.07) is 14.9. The van der Waals surface area contributed by atoms with Crippen molar-refractivity contribution < 1.29 is 4.57 Å². The molecule has 0 saturated carbocycles. The van der Waals surface area contributed by atoms with Gasteiger partial charge in [0.2, 0.25) is 0 Å². The fraction of sp³-hybridized carbons (Fsp3) is 0.281. The molecule has 0 saturated heterocycles. The van der Waals surface area contributed by atoms with E-state index in [-0.39, 0.29) is 0 Å². The summed E-state index contributed by atoms with van der Waals surface area (Å²) < 4.78 is 2.21. The van der Waals surface area contributed by atoms with Crippen LogP contribution in [-0.4, -0.2) is 0 Å². The van der Waals surface area contributed by atoms with E-state index >= 15 is 0 Å². The van der Waals surface area contributed by atoms with Gasteiger partial charge in [-0.25, -0.2) is 4.57 Å². The number of rotatable bonds is 11. The van der Waals surface area contributed by atoms with Gasteiger partial charge < -0.3 is 0 Å². The molecule has 0 aliphatic carbocycles.